The molecule has 0 unspecified atom stereocenters. The monoisotopic (exact) mass is 856 g/mol. The molecule has 0 spiro atoms. The van der Waals surface area contributed by atoms with Gasteiger partial charge in [0.25, 0.3) is 5.69 Å². The summed E-state index contributed by atoms with van der Waals surface area (Å²) in [6.07, 6.45) is 1.99. The molecule has 0 saturated heterocycles. The Bertz CT molecular complexity index is 2500. The van der Waals surface area contributed by atoms with Crippen LogP contribution in [0.4, 0.5) is 10.8 Å². The molecule has 1 aliphatic rings. The van der Waals surface area contributed by atoms with Crippen molar-refractivity contribution in [2.24, 2.45) is 5.16 Å². The van der Waals surface area contributed by atoms with Crippen LogP contribution in [0.25, 0.3) is 0 Å². The number of aromatic nitrogens is 1. The highest BCUT2D eigenvalue weighted by molar-refractivity contribution is 7.14. The summed E-state index contributed by atoms with van der Waals surface area (Å²) >= 11 is 1.29. The van der Waals surface area contributed by atoms with Gasteiger partial charge < -0.3 is 19.6 Å². The largest absolute Gasteiger partial charge is 0.458 e. The van der Waals surface area contributed by atoms with E-state index < -0.39 is 34.1 Å². The molecule has 1 aliphatic carbocycles. The summed E-state index contributed by atoms with van der Waals surface area (Å²) < 4.78 is 12.1. The number of non-ortho nitro benzene ring substituents is 1. The molecule has 0 radical (unpaired) electrons. The number of thiazole rings is 1. The first-order chi connectivity index (χ1) is 30.8. The summed E-state index contributed by atoms with van der Waals surface area (Å²) in [5.41, 5.74) is 2.43. The Balaban J connectivity index is 1.18. The predicted octanol–water partition coefficient (Wildman–Crippen LogP) is 11.0. The van der Waals surface area contributed by atoms with Gasteiger partial charge in [-0.25, -0.2) is 14.6 Å². The number of nitro groups is 1. The van der Waals surface area contributed by atoms with Crippen molar-refractivity contribution < 1.29 is 28.8 Å². The number of nitro benzene ring substituents is 1. The molecule has 1 fully saturated rings. The second-order valence-electron chi connectivity index (χ2n) is 15.2. The minimum absolute atomic E-state index is 0.0704. The van der Waals surface area contributed by atoms with Crippen LogP contribution in [0.15, 0.2) is 186 Å². The van der Waals surface area contributed by atoms with Gasteiger partial charge in [0, 0.05) is 30.4 Å². The van der Waals surface area contributed by atoms with Crippen LogP contribution in [0.1, 0.15) is 77.3 Å². The highest BCUT2D eigenvalue weighted by Crippen LogP contribution is 2.41. The van der Waals surface area contributed by atoms with E-state index in [1.807, 2.05) is 115 Å². The van der Waals surface area contributed by atoms with Crippen molar-refractivity contribution in [1.29, 1.82) is 0 Å². The molecule has 0 bridgehead atoms. The minimum Gasteiger partial charge on any atom is -0.458 e. The van der Waals surface area contributed by atoms with Gasteiger partial charge in [0.2, 0.25) is 11.3 Å². The molecule has 0 amide bonds. The molecule has 1 heterocycles. The molecule has 0 atom stereocenters. The average molecular weight is 857 g/mol. The number of carbonyl (C=O) groups is 2. The lowest BCUT2D eigenvalue weighted by molar-refractivity contribution is -0.384. The molecule has 11 nitrogen and oxygen atoms in total. The van der Waals surface area contributed by atoms with Crippen molar-refractivity contribution in [3.63, 3.8) is 0 Å². The zero-order valence-corrected chi connectivity index (χ0v) is 35.1. The number of anilines is 1. The van der Waals surface area contributed by atoms with E-state index >= 15 is 0 Å². The van der Waals surface area contributed by atoms with Crippen LogP contribution in [-0.2, 0) is 36.0 Å². The molecule has 6 aromatic carbocycles. The third-order valence-electron chi connectivity index (χ3n) is 11.1. The summed E-state index contributed by atoms with van der Waals surface area (Å²) in [7, 11) is 0. The number of carbonyl (C=O) groups excluding carboxylic acids is 2. The molecule has 316 valence electrons. The number of oxime groups is 1. The first-order valence-corrected chi connectivity index (χ1v) is 21.6. The predicted molar refractivity (Wildman–Crippen MR) is 242 cm³/mol. The summed E-state index contributed by atoms with van der Waals surface area (Å²) in [5.74, 6) is -1.46. The number of hydrogen-bond acceptors (Lipinski definition) is 11. The summed E-state index contributed by atoms with van der Waals surface area (Å²) in [4.78, 5) is 50.8. The number of nitrogens with one attached hydrogen (secondary N) is 1. The minimum atomic E-state index is -1.51. The van der Waals surface area contributed by atoms with E-state index in [0.717, 1.165) is 34.2 Å². The SMILES string of the molecule is O=C(OC(c1ccccc1)c1ccccc1)/C(=N\OC1(C(=O)OCc2ccc([N+](=O)[O-])cc2)CCCCC1)c1csc(NC(c2ccccc2)(c2ccccc2)c2ccccc2)n1. The van der Waals surface area contributed by atoms with Crippen molar-refractivity contribution in [2.75, 3.05) is 5.32 Å². The number of ether oxygens (including phenoxy) is 2. The van der Waals surface area contributed by atoms with Gasteiger partial charge in [-0.15, -0.1) is 11.3 Å². The second kappa shape index (κ2) is 19.5. The van der Waals surface area contributed by atoms with Crippen LogP contribution < -0.4 is 5.32 Å². The Morgan fingerprint density at radius 2 is 1.21 bits per heavy atom. The summed E-state index contributed by atoms with van der Waals surface area (Å²) in [6.45, 7) is -0.135. The van der Waals surface area contributed by atoms with E-state index in [9.17, 15) is 19.7 Å². The molecule has 8 rings (SSSR count). The molecule has 1 aromatic heterocycles. The van der Waals surface area contributed by atoms with E-state index in [4.69, 9.17) is 19.3 Å². The van der Waals surface area contributed by atoms with Crippen LogP contribution in [0.2, 0.25) is 0 Å². The Labute approximate surface area is 369 Å². The fourth-order valence-electron chi connectivity index (χ4n) is 7.90. The summed E-state index contributed by atoms with van der Waals surface area (Å²) in [5, 5.41) is 21.7. The lowest BCUT2D eigenvalue weighted by Crippen LogP contribution is -2.44. The molecule has 1 N–H and O–H groups in total. The highest BCUT2D eigenvalue weighted by atomic mass is 32.1. The third-order valence-corrected chi connectivity index (χ3v) is 11.9. The third kappa shape index (κ3) is 9.56. The van der Waals surface area contributed by atoms with Gasteiger partial charge in [-0.2, -0.15) is 0 Å². The van der Waals surface area contributed by atoms with E-state index in [-0.39, 0.29) is 23.7 Å². The van der Waals surface area contributed by atoms with Gasteiger partial charge in [0.1, 0.15) is 17.8 Å². The first-order valence-electron chi connectivity index (χ1n) is 20.7. The van der Waals surface area contributed by atoms with Crippen LogP contribution in [-0.4, -0.2) is 33.2 Å². The zero-order valence-electron chi connectivity index (χ0n) is 34.2. The van der Waals surface area contributed by atoms with E-state index in [0.29, 0.717) is 36.4 Å². The quantitative estimate of drug-likeness (QED) is 0.0330. The topological polar surface area (TPSA) is 142 Å². The number of hydrogen-bond donors (Lipinski definition) is 1. The normalized spacial score (nSPS) is 13.8. The number of esters is 2. The molecule has 63 heavy (non-hydrogen) atoms. The maximum atomic E-state index is 14.7. The average Bonchev–Trinajstić information content (AvgIpc) is 3.81. The van der Waals surface area contributed by atoms with Crippen LogP contribution in [0.3, 0.4) is 0 Å². The summed E-state index contributed by atoms with van der Waals surface area (Å²) in [6, 6.07) is 54.9. The maximum Gasteiger partial charge on any atom is 0.363 e. The highest BCUT2D eigenvalue weighted by Gasteiger charge is 2.45. The second-order valence-corrected chi connectivity index (χ2v) is 16.1. The van der Waals surface area contributed by atoms with Gasteiger partial charge in [-0.05, 0) is 58.4 Å². The van der Waals surface area contributed by atoms with Gasteiger partial charge in [0.15, 0.2) is 11.2 Å². The number of rotatable bonds is 16. The smallest absolute Gasteiger partial charge is 0.363 e. The van der Waals surface area contributed by atoms with Gasteiger partial charge in [-0.1, -0.05) is 163 Å². The fraction of sp³-hybridized carbons (Fsp3) is 0.176. The lowest BCUT2D eigenvalue weighted by atomic mass is 9.77. The first kappa shape index (κ1) is 42.3. The van der Waals surface area contributed by atoms with E-state index in [1.54, 1.807) is 5.38 Å². The van der Waals surface area contributed by atoms with Crippen molar-refractivity contribution in [3.8, 4) is 0 Å². The molecular formula is C51H44N4O7S. The fourth-order valence-corrected chi connectivity index (χ4v) is 8.65. The molecule has 1 saturated carbocycles. The Kier molecular flexibility index (Phi) is 13.1. The van der Waals surface area contributed by atoms with E-state index in [1.165, 1.54) is 35.6 Å². The van der Waals surface area contributed by atoms with Crippen LogP contribution in [0.5, 0.6) is 0 Å². The zero-order chi connectivity index (χ0) is 43.5. The molecule has 0 aliphatic heterocycles. The van der Waals surface area contributed by atoms with E-state index in [2.05, 4.69) is 46.9 Å². The van der Waals surface area contributed by atoms with Crippen molar-refractivity contribution >= 4 is 39.8 Å². The van der Waals surface area contributed by atoms with Crippen molar-refractivity contribution in [2.45, 2.75) is 56.0 Å². The Hall–Kier alpha value is -7.44. The lowest BCUT2D eigenvalue weighted by Gasteiger charge is -2.36. The van der Waals surface area contributed by atoms with Crippen LogP contribution in [0, 0.1) is 10.1 Å². The van der Waals surface area contributed by atoms with Crippen molar-refractivity contribution in [3.05, 3.63) is 230 Å². The standard InChI is InChI=1S/C51H44N4O7S/c56-47(61-46(38-19-7-1-8-20-38)39-21-9-2-10-22-39)45(54-62-50(33-17-6-18-34-50)48(57)60-35-37-29-31-43(32-30-37)55(58)59)44-36-63-49(52-44)53-51(40-23-11-3-12-24-40,41-25-13-4-14-26-41)42-27-15-5-16-28-42/h1-5,7-16,19-32,36,46H,6,17-18,33-35H2,(H,52,53)/b54-45-. The Morgan fingerprint density at radius 1 is 0.714 bits per heavy atom. The molecular weight excluding hydrogens is 813 g/mol. The molecule has 7 aromatic rings. The number of benzene rings is 6. The van der Waals surface area contributed by atoms with Crippen LogP contribution >= 0.6 is 11.3 Å². The van der Waals surface area contributed by atoms with Crippen molar-refractivity contribution in [1.82, 2.24) is 4.98 Å². The van der Waals surface area contributed by atoms with Gasteiger partial charge in [-0.3, -0.25) is 10.1 Å². The number of nitrogens with zero attached hydrogens (tertiary/aromatic N) is 3. The maximum absolute atomic E-state index is 14.7. The molecule has 12 heteroatoms. The Morgan fingerprint density at radius 3 is 1.70 bits per heavy atom. The van der Waals surface area contributed by atoms with Gasteiger partial charge >= 0.3 is 11.9 Å². The van der Waals surface area contributed by atoms with Gasteiger partial charge in [0.05, 0.1) is 4.92 Å².